The highest BCUT2D eigenvalue weighted by molar-refractivity contribution is 7.90. The van der Waals surface area contributed by atoms with Gasteiger partial charge in [-0.1, -0.05) is 38.1 Å². The zero-order chi connectivity index (χ0) is 42.4. The lowest BCUT2D eigenvalue weighted by Crippen LogP contribution is -2.55. The minimum atomic E-state index is -4.41. The normalized spacial score (nSPS) is 20.5. The van der Waals surface area contributed by atoms with Gasteiger partial charge in [0.2, 0.25) is 5.88 Å². The number of ether oxygens (including phenoxy) is 2. The summed E-state index contributed by atoms with van der Waals surface area (Å²) < 4.78 is 56.4. The number of nitrogen functional groups attached to an aromatic ring is 1. The molecule has 5 aromatic rings. The maximum absolute atomic E-state index is 15.1. The Labute approximate surface area is 356 Å². The van der Waals surface area contributed by atoms with Crippen molar-refractivity contribution in [1.82, 2.24) is 29.9 Å². The topological polar surface area (TPSA) is 168 Å². The molecule has 1 saturated carbocycles. The number of carbonyl (C=O) groups is 1. The molecule has 3 aromatic heterocycles. The molecule has 1 aliphatic carbocycles. The zero-order valence-electron chi connectivity index (χ0n) is 34.8. The third kappa shape index (κ3) is 8.52. The van der Waals surface area contributed by atoms with Crippen LogP contribution in [-0.2, 0) is 10.0 Å². The molecule has 0 radical (unpaired) electrons. The Morgan fingerprint density at radius 3 is 2.57 bits per heavy atom. The molecule has 1 spiro atoms. The van der Waals surface area contributed by atoms with Gasteiger partial charge < -0.3 is 30.4 Å². The number of aromatic amines is 1. The van der Waals surface area contributed by atoms with Crippen LogP contribution in [0.1, 0.15) is 98.7 Å². The quantitative estimate of drug-likeness (QED) is 0.0912. The molecule has 13 nitrogen and oxygen atoms in total. The van der Waals surface area contributed by atoms with E-state index in [0.717, 1.165) is 37.9 Å². The van der Waals surface area contributed by atoms with Crippen molar-refractivity contribution in [2.24, 2.45) is 5.41 Å². The molecule has 1 atom stereocenters. The van der Waals surface area contributed by atoms with Crippen LogP contribution in [0.15, 0.2) is 84.0 Å². The number of nitrogens with one attached hydrogen (secondary N) is 3. The smallest absolute Gasteiger partial charge is 0.270 e. The molecule has 61 heavy (non-hydrogen) atoms. The second kappa shape index (κ2) is 16.6. The third-order valence-electron chi connectivity index (χ3n) is 13.4. The number of hydrogen-bond acceptors (Lipinski definition) is 11. The number of alkyl halides is 1. The van der Waals surface area contributed by atoms with Crippen LogP contribution in [0.3, 0.4) is 0 Å². The molecule has 9 rings (SSSR count). The highest BCUT2D eigenvalue weighted by Crippen LogP contribution is 2.54. The Kier molecular flexibility index (Phi) is 11.2. The van der Waals surface area contributed by atoms with Crippen molar-refractivity contribution < 1.29 is 27.1 Å². The average molecular weight is 851 g/mol. The van der Waals surface area contributed by atoms with E-state index >= 15 is 4.39 Å². The van der Waals surface area contributed by atoms with E-state index in [1.54, 1.807) is 24.4 Å². The average Bonchev–Trinajstić information content (AvgIpc) is 3.93. The summed E-state index contributed by atoms with van der Waals surface area (Å²) in [6.45, 7) is 8.23. The van der Waals surface area contributed by atoms with Gasteiger partial charge in [0.15, 0.2) is 0 Å². The van der Waals surface area contributed by atoms with Gasteiger partial charge in [-0.3, -0.25) is 9.69 Å². The highest BCUT2D eigenvalue weighted by Gasteiger charge is 2.50. The van der Waals surface area contributed by atoms with Crippen molar-refractivity contribution in [1.29, 1.82) is 0 Å². The first-order chi connectivity index (χ1) is 29.4. The molecule has 3 saturated heterocycles. The third-order valence-corrected chi connectivity index (χ3v) is 14.7. The predicted molar refractivity (Wildman–Crippen MR) is 233 cm³/mol. The number of nitrogens with two attached hydrogens (primary N) is 1. The minimum Gasteiger partial charge on any atom is -0.488 e. The Morgan fingerprint density at radius 2 is 1.80 bits per heavy atom. The van der Waals surface area contributed by atoms with Crippen LogP contribution in [0.25, 0.3) is 11.0 Å². The molecule has 3 aliphatic heterocycles. The van der Waals surface area contributed by atoms with Crippen molar-refractivity contribution in [2.45, 2.75) is 93.8 Å². The molecule has 4 fully saturated rings. The maximum Gasteiger partial charge on any atom is 0.270 e. The number of likely N-dealkylation sites (tertiary alicyclic amines) is 1. The van der Waals surface area contributed by atoms with E-state index in [1.165, 1.54) is 61.2 Å². The van der Waals surface area contributed by atoms with Crippen LogP contribution in [0.4, 0.5) is 15.9 Å². The van der Waals surface area contributed by atoms with Gasteiger partial charge in [0.25, 0.3) is 15.9 Å². The van der Waals surface area contributed by atoms with Gasteiger partial charge in [-0.05, 0) is 136 Å². The lowest BCUT2D eigenvalue weighted by molar-refractivity contribution is -0.0228. The molecule has 2 aromatic carbocycles. The number of fused-ring (bicyclic) bond motifs is 1. The summed E-state index contributed by atoms with van der Waals surface area (Å²) in [7, 11) is -4.41. The highest BCUT2D eigenvalue weighted by atomic mass is 32.2. The number of piperidine rings is 2. The monoisotopic (exact) mass is 850 g/mol. The van der Waals surface area contributed by atoms with Gasteiger partial charge in [0.05, 0.1) is 16.8 Å². The van der Waals surface area contributed by atoms with Crippen LogP contribution in [0, 0.1) is 5.41 Å². The Hall–Kier alpha value is -5.25. The summed E-state index contributed by atoms with van der Waals surface area (Å²) in [6.07, 6.45) is 10.8. The minimum absolute atomic E-state index is 0.00364. The summed E-state index contributed by atoms with van der Waals surface area (Å²) >= 11 is 0. The standard InChI is InChI=1S/C46H55FN8O5S/c1-30(2)35-6-3-4-7-36(35)39-8-5-21-55(39)32-26-45(27-32)16-22-54(23-17-45)41-12-10-37(44(52-41)60-33-24-31-13-18-50-42(31)51-28-33)43(56)53-61(57,58)34-9-11-40(38(48)25-34)59-29-46(47)14-19-49-20-15-46/h3-4,6-7,9-13,18,24-25,28,30,32,39,49H,5,8,14-17,19-23,26-27,29,48H2,1-2H3,(H,50,51)(H,53,56). The maximum atomic E-state index is 15.1. The number of anilines is 2. The fraction of sp³-hybridized carbons (Fsp3) is 0.457. The first-order valence-corrected chi connectivity index (χ1v) is 23.1. The van der Waals surface area contributed by atoms with E-state index in [9.17, 15) is 13.2 Å². The molecule has 4 aliphatic rings. The number of benzene rings is 2. The van der Waals surface area contributed by atoms with E-state index in [1.807, 2.05) is 6.07 Å². The van der Waals surface area contributed by atoms with E-state index in [0.29, 0.717) is 66.6 Å². The van der Waals surface area contributed by atoms with Gasteiger partial charge in [0, 0.05) is 36.8 Å². The molecule has 322 valence electrons. The molecule has 6 heterocycles. The molecule has 5 N–H and O–H groups in total. The number of amides is 1. The van der Waals surface area contributed by atoms with E-state index in [2.05, 4.69) is 67.9 Å². The fourth-order valence-electron chi connectivity index (χ4n) is 9.92. The van der Waals surface area contributed by atoms with E-state index < -0.39 is 21.6 Å². The number of nitrogens with zero attached hydrogens (tertiary/aromatic N) is 4. The summed E-state index contributed by atoms with van der Waals surface area (Å²) in [5.74, 6) is 0.665. The Morgan fingerprint density at radius 1 is 1.02 bits per heavy atom. The number of rotatable bonds is 12. The molecule has 0 bridgehead atoms. The second-order valence-electron chi connectivity index (χ2n) is 17.8. The van der Waals surface area contributed by atoms with Crippen molar-refractivity contribution in [3.05, 3.63) is 95.8 Å². The Bertz CT molecular complexity index is 2510. The number of carbonyl (C=O) groups excluding carboxylic acids is 1. The second-order valence-corrected chi connectivity index (χ2v) is 19.4. The number of H-pyrrole nitrogens is 1. The van der Waals surface area contributed by atoms with E-state index in [-0.39, 0.29) is 34.4 Å². The molecule has 15 heteroatoms. The lowest BCUT2D eigenvalue weighted by atomic mass is 9.60. The fourth-order valence-corrected chi connectivity index (χ4v) is 10.9. The first-order valence-electron chi connectivity index (χ1n) is 21.6. The summed E-state index contributed by atoms with van der Waals surface area (Å²) in [5.41, 5.74) is 8.54. The first kappa shape index (κ1) is 41.1. The van der Waals surface area contributed by atoms with Crippen LogP contribution < -0.4 is 30.1 Å². The molecular weight excluding hydrogens is 796 g/mol. The van der Waals surface area contributed by atoms with Crippen LogP contribution in [0.2, 0.25) is 0 Å². The van der Waals surface area contributed by atoms with Gasteiger partial charge in [0.1, 0.15) is 40.8 Å². The summed E-state index contributed by atoms with van der Waals surface area (Å²) in [4.78, 5) is 30.9. The van der Waals surface area contributed by atoms with Gasteiger partial charge in [-0.25, -0.2) is 22.5 Å². The number of aromatic nitrogens is 3. The number of hydrogen-bond donors (Lipinski definition) is 4. The molecule has 1 unspecified atom stereocenters. The number of sulfonamides is 1. The largest absolute Gasteiger partial charge is 0.488 e. The van der Waals surface area contributed by atoms with Gasteiger partial charge in [-0.2, -0.15) is 4.98 Å². The Balaban J connectivity index is 0.889. The SMILES string of the molecule is CC(C)c1ccccc1C1CCCN1C1CC2(CCN(c3ccc(C(=O)NS(=O)(=O)c4ccc(OCC5(F)CCNCC5)c(N)c4)c(Oc4cnc5[nH]ccc5c4)n3)CC2)C1. The van der Waals surface area contributed by atoms with Crippen LogP contribution >= 0.6 is 0 Å². The van der Waals surface area contributed by atoms with Crippen molar-refractivity contribution in [3.63, 3.8) is 0 Å². The predicted octanol–water partition coefficient (Wildman–Crippen LogP) is 7.63. The lowest BCUT2D eigenvalue weighted by Gasteiger charge is -2.56. The van der Waals surface area contributed by atoms with E-state index in [4.69, 9.17) is 20.2 Å². The number of pyridine rings is 2. The van der Waals surface area contributed by atoms with Crippen molar-refractivity contribution in [3.8, 4) is 17.4 Å². The van der Waals surface area contributed by atoms with Crippen molar-refractivity contribution >= 4 is 38.5 Å². The van der Waals surface area contributed by atoms with Gasteiger partial charge in [-0.15, -0.1) is 0 Å². The molecule has 1 amide bonds. The number of halogens is 1. The summed E-state index contributed by atoms with van der Waals surface area (Å²) in [6, 6.07) is 20.8. The van der Waals surface area contributed by atoms with Crippen LogP contribution in [-0.4, -0.2) is 85.2 Å². The van der Waals surface area contributed by atoms with Crippen LogP contribution in [0.5, 0.6) is 17.4 Å². The zero-order valence-corrected chi connectivity index (χ0v) is 35.6. The van der Waals surface area contributed by atoms with Crippen molar-refractivity contribution in [2.75, 3.05) is 50.0 Å². The molecular formula is C46H55FN8O5S. The van der Waals surface area contributed by atoms with Gasteiger partial charge >= 0.3 is 0 Å². The summed E-state index contributed by atoms with van der Waals surface area (Å²) in [5, 5.41) is 3.92.